The van der Waals surface area contributed by atoms with Crippen LogP contribution in [0.1, 0.15) is 19.8 Å². The second-order valence-electron chi connectivity index (χ2n) is 5.56. The number of benzene rings is 1. The van der Waals surface area contributed by atoms with Gasteiger partial charge in [0.15, 0.2) is 5.03 Å². The first-order valence-corrected chi connectivity index (χ1v) is 8.93. The smallest absolute Gasteiger partial charge is 0.241 e. The lowest BCUT2D eigenvalue weighted by Crippen LogP contribution is -2.40. The average molecular weight is 318 g/mol. The van der Waals surface area contributed by atoms with E-state index >= 15 is 0 Å². The molecule has 22 heavy (non-hydrogen) atoms. The number of amides is 1. The minimum atomic E-state index is -3.77. The molecular weight excluding hydrogens is 300 g/mol. The second-order valence-corrected chi connectivity index (χ2v) is 7.78. The number of hydrogen-bond donors (Lipinski definition) is 0. The molecule has 2 heterocycles. The fourth-order valence-electron chi connectivity index (χ4n) is 2.71. The summed E-state index contributed by atoms with van der Waals surface area (Å²) < 4.78 is 25.3. The standard InChI is InChI=1S/C16H18N2O3S/c1-12(16(19)18-10-4-5-11-18)22(20,21)15-9-8-13-6-2-3-7-14(13)17-15/h2-3,6-9,12H,4-5,10-11H2,1H3/t12-/m1/s1. The summed E-state index contributed by atoms with van der Waals surface area (Å²) >= 11 is 0. The Kier molecular flexibility index (Phi) is 3.87. The number of aromatic nitrogens is 1. The Balaban J connectivity index is 1.94. The molecule has 0 radical (unpaired) electrons. The van der Waals surface area contributed by atoms with Crippen molar-refractivity contribution in [2.75, 3.05) is 13.1 Å². The summed E-state index contributed by atoms with van der Waals surface area (Å²) in [5.41, 5.74) is 0.615. The summed E-state index contributed by atoms with van der Waals surface area (Å²) in [5, 5.41) is -0.259. The monoisotopic (exact) mass is 318 g/mol. The van der Waals surface area contributed by atoms with E-state index in [4.69, 9.17) is 0 Å². The fraction of sp³-hybridized carbons (Fsp3) is 0.375. The van der Waals surface area contributed by atoms with Crippen LogP contribution in [0.4, 0.5) is 0 Å². The Morgan fingerprint density at radius 1 is 1.14 bits per heavy atom. The van der Waals surface area contributed by atoms with Crippen molar-refractivity contribution < 1.29 is 13.2 Å². The van der Waals surface area contributed by atoms with Gasteiger partial charge in [0.1, 0.15) is 5.25 Å². The molecule has 1 aromatic heterocycles. The third-order valence-electron chi connectivity index (χ3n) is 4.10. The number of pyridine rings is 1. The van der Waals surface area contributed by atoms with Crippen LogP contribution in [-0.4, -0.2) is 42.5 Å². The molecule has 0 saturated carbocycles. The Morgan fingerprint density at radius 2 is 1.82 bits per heavy atom. The molecular formula is C16H18N2O3S. The van der Waals surface area contributed by atoms with Gasteiger partial charge in [-0.2, -0.15) is 0 Å². The number of likely N-dealkylation sites (tertiary alicyclic amines) is 1. The summed E-state index contributed by atoms with van der Waals surface area (Å²) in [6.45, 7) is 2.74. The van der Waals surface area contributed by atoms with Crippen LogP contribution in [0, 0.1) is 0 Å². The quantitative estimate of drug-likeness (QED) is 0.868. The first-order chi connectivity index (χ1) is 10.5. The number of hydrogen-bond acceptors (Lipinski definition) is 4. The number of fused-ring (bicyclic) bond motifs is 1. The topological polar surface area (TPSA) is 67.3 Å². The number of nitrogens with zero attached hydrogens (tertiary/aromatic N) is 2. The minimum absolute atomic E-state index is 0.0359. The molecule has 6 heteroatoms. The summed E-state index contributed by atoms with van der Waals surface area (Å²) in [7, 11) is -3.77. The lowest BCUT2D eigenvalue weighted by atomic mass is 10.2. The van der Waals surface area contributed by atoms with Gasteiger partial charge in [-0.05, 0) is 38.0 Å². The predicted octanol–water partition coefficient (Wildman–Crippen LogP) is 2.02. The minimum Gasteiger partial charge on any atom is -0.342 e. The molecule has 0 unspecified atom stereocenters. The van der Waals surface area contributed by atoms with E-state index in [0.29, 0.717) is 18.6 Å². The maximum atomic E-state index is 12.7. The maximum absolute atomic E-state index is 12.7. The van der Waals surface area contributed by atoms with Crippen molar-refractivity contribution in [2.24, 2.45) is 0 Å². The van der Waals surface area contributed by atoms with Gasteiger partial charge in [-0.3, -0.25) is 4.79 Å². The zero-order chi connectivity index (χ0) is 15.7. The summed E-state index contributed by atoms with van der Waals surface area (Å²) in [4.78, 5) is 18.2. The molecule has 0 bridgehead atoms. The SMILES string of the molecule is C[C@H](C(=O)N1CCCC1)S(=O)(=O)c1ccc2ccccc2n1. The lowest BCUT2D eigenvalue weighted by Gasteiger charge is -2.20. The Morgan fingerprint density at radius 3 is 2.55 bits per heavy atom. The van der Waals surface area contributed by atoms with Crippen LogP contribution in [0.5, 0.6) is 0 Å². The van der Waals surface area contributed by atoms with Crippen molar-refractivity contribution in [3.63, 3.8) is 0 Å². The zero-order valence-electron chi connectivity index (χ0n) is 12.4. The molecule has 1 aliphatic heterocycles. The third kappa shape index (κ3) is 2.59. The number of para-hydroxylation sites is 1. The second kappa shape index (κ2) is 5.68. The predicted molar refractivity (Wildman–Crippen MR) is 84.2 cm³/mol. The van der Waals surface area contributed by atoms with E-state index in [1.54, 1.807) is 17.0 Å². The van der Waals surface area contributed by atoms with Gasteiger partial charge in [-0.25, -0.2) is 13.4 Å². The molecule has 1 aromatic carbocycles. The van der Waals surface area contributed by atoms with E-state index in [-0.39, 0.29) is 10.9 Å². The molecule has 116 valence electrons. The fourth-order valence-corrected chi connectivity index (χ4v) is 3.97. The number of rotatable bonds is 3. The van der Waals surface area contributed by atoms with Crippen LogP contribution in [0.2, 0.25) is 0 Å². The van der Waals surface area contributed by atoms with Crippen LogP contribution >= 0.6 is 0 Å². The van der Waals surface area contributed by atoms with E-state index in [2.05, 4.69) is 4.98 Å². The highest BCUT2D eigenvalue weighted by molar-refractivity contribution is 7.92. The highest BCUT2D eigenvalue weighted by Gasteiger charge is 2.34. The molecule has 0 aliphatic carbocycles. The molecule has 1 saturated heterocycles. The number of carbonyl (C=O) groups excluding carboxylic acids is 1. The first kappa shape index (κ1) is 15.0. The number of sulfone groups is 1. The van der Waals surface area contributed by atoms with Crippen LogP contribution in [0.25, 0.3) is 10.9 Å². The molecule has 3 rings (SSSR count). The van der Waals surface area contributed by atoms with Crippen molar-refractivity contribution in [1.82, 2.24) is 9.88 Å². The molecule has 0 spiro atoms. The molecule has 1 atom stereocenters. The van der Waals surface area contributed by atoms with Crippen molar-refractivity contribution >= 4 is 26.6 Å². The van der Waals surface area contributed by atoms with Gasteiger partial charge in [0.2, 0.25) is 15.7 Å². The van der Waals surface area contributed by atoms with Crippen LogP contribution in [-0.2, 0) is 14.6 Å². The first-order valence-electron chi connectivity index (χ1n) is 7.38. The van der Waals surface area contributed by atoms with Gasteiger partial charge in [0.25, 0.3) is 0 Å². The van der Waals surface area contributed by atoms with Gasteiger partial charge in [0, 0.05) is 18.5 Å². The van der Waals surface area contributed by atoms with E-state index in [9.17, 15) is 13.2 Å². The van der Waals surface area contributed by atoms with E-state index in [0.717, 1.165) is 18.2 Å². The molecule has 1 aliphatic rings. The van der Waals surface area contributed by atoms with Crippen molar-refractivity contribution in [1.29, 1.82) is 0 Å². The van der Waals surface area contributed by atoms with E-state index in [1.165, 1.54) is 13.0 Å². The summed E-state index contributed by atoms with van der Waals surface area (Å²) in [5.74, 6) is -0.326. The molecule has 5 nitrogen and oxygen atoms in total. The highest BCUT2D eigenvalue weighted by Crippen LogP contribution is 2.21. The van der Waals surface area contributed by atoms with Crippen LogP contribution in [0.15, 0.2) is 41.4 Å². The van der Waals surface area contributed by atoms with Gasteiger partial charge >= 0.3 is 0 Å². The van der Waals surface area contributed by atoms with Gasteiger partial charge < -0.3 is 4.90 Å². The van der Waals surface area contributed by atoms with Crippen LogP contribution < -0.4 is 0 Å². The van der Waals surface area contributed by atoms with Crippen molar-refractivity contribution in [2.45, 2.75) is 30.0 Å². The molecule has 1 amide bonds. The normalized spacial score (nSPS) is 16.9. The Labute approximate surface area is 129 Å². The zero-order valence-corrected chi connectivity index (χ0v) is 13.2. The van der Waals surface area contributed by atoms with Crippen molar-refractivity contribution in [3.8, 4) is 0 Å². The highest BCUT2D eigenvalue weighted by atomic mass is 32.2. The van der Waals surface area contributed by atoms with E-state index < -0.39 is 15.1 Å². The largest absolute Gasteiger partial charge is 0.342 e. The molecule has 2 aromatic rings. The lowest BCUT2D eigenvalue weighted by molar-refractivity contribution is -0.129. The molecule has 0 N–H and O–H groups in total. The van der Waals surface area contributed by atoms with Gasteiger partial charge in [-0.15, -0.1) is 0 Å². The van der Waals surface area contributed by atoms with Gasteiger partial charge in [-0.1, -0.05) is 18.2 Å². The Bertz CT molecular complexity index is 811. The van der Waals surface area contributed by atoms with Crippen LogP contribution in [0.3, 0.4) is 0 Å². The number of carbonyl (C=O) groups is 1. The molecule has 1 fully saturated rings. The maximum Gasteiger partial charge on any atom is 0.241 e. The van der Waals surface area contributed by atoms with E-state index in [1.807, 2.05) is 18.2 Å². The summed E-state index contributed by atoms with van der Waals surface area (Å²) in [6.07, 6.45) is 1.87. The average Bonchev–Trinajstić information content (AvgIpc) is 3.07. The van der Waals surface area contributed by atoms with Gasteiger partial charge in [0.05, 0.1) is 5.52 Å². The third-order valence-corrected chi connectivity index (χ3v) is 6.04. The Hall–Kier alpha value is -1.95. The van der Waals surface area contributed by atoms with Crippen molar-refractivity contribution in [3.05, 3.63) is 36.4 Å². The summed E-state index contributed by atoms with van der Waals surface area (Å²) in [6, 6.07) is 10.5.